The van der Waals surface area contributed by atoms with Crippen molar-refractivity contribution in [2.24, 2.45) is 0 Å². The third-order valence-corrected chi connectivity index (χ3v) is 4.82. The average molecular weight is 340 g/mol. The Hall–Kier alpha value is -2.40. The molecule has 2 aromatic rings. The van der Waals surface area contributed by atoms with E-state index in [2.05, 4.69) is 11.8 Å². The molecule has 1 saturated heterocycles. The second-order valence-corrected chi connectivity index (χ2v) is 6.57. The fraction of sp³-hybridized carbons (Fsp3) is 0.400. The molecular weight excluding hydrogens is 316 g/mol. The summed E-state index contributed by atoms with van der Waals surface area (Å²) in [7, 11) is 0. The zero-order valence-corrected chi connectivity index (χ0v) is 14.6. The number of piperazine rings is 1. The van der Waals surface area contributed by atoms with Crippen LogP contribution in [0.5, 0.6) is 0 Å². The number of unbranched alkanes of at least 4 members (excludes halogenated alkanes) is 1. The van der Waals surface area contributed by atoms with Crippen molar-refractivity contribution in [2.75, 3.05) is 32.7 Å². The maximum Gasteiger partial charge on any atom is 0.335 e. The van der Waals surface area contributed by atoms with Gasteiger partial charge in [0, 0.05) is 31.7 Å². The van der Waals surface area contributed by atoms with Crippen LogP contribution >= 0.6 is 0 Å². The molecule has 1 heterocycles. The van der Waals surface area contributed by atoms with Gasteiger partial charge in [0.1, 0.15) is 0 Å². The molecule has 25 heavy (non-hydrogen) atoms. The summed E-state index contributed by atoms with van der Waals surface area (Å²) in [5.74, 6) is -0.887. The molecule has 1 amide bonds. The van der Waals surface area contributed by atoms with Crippen molar-refractivity contribution in [3.8, 4) is 0 Å². The van der Waals surface area contributed by atoms with Gasteiger partial charge in [0.25, 0.3) is 5.91 Å². The van der Waals surface area contributed by atoms with Crippen molar-refractivity contribution < 1.29 is 14.7 Å². The standard InChI is InChI=1S/C20H24N2O3/c1-2-3-8-21-9-11-22(12-10-21)19(23)17-6-4-16-14-18(20(24)25)7-5-15(16)13-17/h4-7,13-14H,2-3,8-12H2,1H3,(H,24,25). The molecule has 5 heteroatoms. The van der Waals surface area contributed by atoms with Crippen LogP contribution < -0.4 is 0 Å². The number of amides is 1. The molecular formula is C20H24N2O3. The van der Waals surface area contributed by atoms with E-state index >= 15 is 0 Å². The summed E-state index contributed by atoms with van der Waals surface area (Å²) in [6.07, 6.45) is 2.40. The average Bonchev–Trinajstić information content (AvgIpc) is 2.65. The largest absolute Gasteiger partial charge is 0.478 e. The van der Waals surface area contributed by atoms with E-state index in [0.29, 0.717) is 5.56 Å². The van der Waals surface area contributed by atoms with E-state index in [-0.39, 0.29) is 11.5 Å². The number of nitrogens with zero attached hydrogens (tertiary/aromatic N) is 2. The number of carbonyl (C=O) groups is 2. The maximum atomic E-state index is 12.8. The lowest BCUT2D eigenvalue weighted by molar-refractivity contribution is 0.0634. The highest BCUT2D eigenvalue weighted by Crippen LogP contribution is 2.20. The molecule has 0 atom stereocenters. The van der Waals surface area contributed by atoms with Crippen LogP contribution in [0.3, 0.4) is 0 Å². The summed E-state index contributed by atoms with van der Waals surface area (Å²) < 4.78 is 0. The van der Waals surface area contributed by atoms with Crippen LogP contribution in [0.4, 0.5) is 0 Å². The van der Waals surface area contributed by atoms with E-state index in [9.17, 15) is 9.59 Å². The number of carboxylic acids is 1. The number of rotatable bonds is 5. The van der Waals surface area contributed by atoms with E-state index < -0.39 is 5.97 Å². The fourth-order valence-corrected chi connectivity index (χ4v) is 3.25. The molecule has 1 aliphatic heterocycles. The molecule has 0 saturated carbocycles. The smallest absolute Gasteiger partial charge is 0.335 e. The lowest BCUT2D eigenvalue weighted by Crippen LogP contribution is -2.48. The molecule has 1 fully saturated rings. The Bertz CT molecular complexity index is 780. The molecule has 0 aromatic heterocycles. The minimum Gasteiger partial charge on any atom is -0.478 e. The number of carbonyl (C=O) groups excluding carboxylic acids is 1. The molecule has 0 bridgehead atoms. The first-order valence-corrected chi connectivity index (χ1v) is 8.87. The quantitative estimate of drug-likeness (QED) is 0.908. The minimum absolute atomic E-state index is 0.0550. The molecule has 5 nitrogen and oxygen atoms in total. The molecule has 1 N–H and O–H groups in total. The van der Waals surface area contributed by atoms with E-state index in [4.69, 9.17) is 5.11 Å². The van der Waals surface area contributed by atoms with Crippen LogP contribution in [-0.4, -0.2) is 59.5 Å². The predicted octanol–water partition coefficient (Wildman–Crippen LogP) is 3.10. The SMILES string of the molecule is CCCCN1CCN(C(=O)c2ccc3cc(C(=O)O)ccc3c2)CC1. The van der Waals surface area contributed by atoms with Crippen molar-refractivity contribution in [1.82, 2.24) is 9.80 Å². The van der Waals surface area contributed by atoms with Gasteiger partial charge < -0.3 is 10.0 Å². The molecule has 0 spiro atoms. The third kappa shape index (κ3) is 3.99. The highest BCUT2D eigenvalue weighted by molar-refractivity contribution is 6.00. The topological polar surface area (TPSA) is 60.9 Å². The Kier molecular flexibility index (Phi) is 5.34. The summed E-state index contributed by atoms with van der Waals surface area (Å²) in [5, 5.41) is 10.8. The fourth-order valence-electron chi connectivity index (χ4n) is 3.25. The Morgan fingerprint density at radius 1 is 0.960 bits per heavy atom. The van der Waals surface area contributed by atoms with E-state index in [0.717, 1.165) is 43.5 Å². The van der Waals surface area contributed by atoms with Gasteiger partial charge in [-0.3, -0.25) is 9.69 Å². The van der Waals surface area contributed by atoms with Gasteiger partial charge in [0.15, 0.2) is 0 Å². The van der Waals surface area contributed by atoms with Crippen molar-refractivity contribution in [3.05, 3.63) is 47.5 Å². The van der Waals surface area contributed by atoms with Gasteiger partial charge in [-0.2, -0.15) is 0 Å². The van der Waals surface area contributed by atoms with Gasteiger partial charge in [-0.05, 0) is 48.0 Å². The highest BCUT2D eigenvalue weighted by atomic mass is 16.4. The summed E-state index contributed by atoms with van der Waals surface area (Å²) in [5.41, 5.74) is 0.923. The Balaban J connectivity index is 1.70. The normalized spacial score (nSPS) is 15.5. The van der Waals surface area contributed by atoms with Gasteiger partial charge in [-0.1, -0.05) is 25.5 Å². The summed E-state index contributed by atoms with van der Waals surface area (Å²) in [6, 6.07) is 10.4. The Morgan fingerprint density at radius 3 is 2.16 bits per heavy atom. The first kappa shape index (κ1) is 17.4. The first-order chi connectivity index (χ1) is 12.1. The summed E-state index contributed by atoms with van der Waals surface area (Å²) in [4.78, 5) is 28.1. The van der Waals surface area contributed by atoms with Crippen LogP contribution in [0.25, 0.3) is 10.8 Å². The van der Waals surface area contributed by atoms with Gasteiger partial charge in [0.05, 0.1) is 5.56 Å². The van der Waals surface area contributed by atoms with Gasteiger partial charge in [0.2, 0.25) is 0 Å². The predicted molar refractivity (Wildman–Crippen MR) is 98.2 cm³/mol. The van der Waals surface area contributed by atoms with Crippen LogP contribution in [0.1, 0.15) is 40.5 Å². The van der Waals surface area contributed by atoms with E-state index in [1.165, 1.54) is 12.8 Å². The number of hydrogen-bond donors (Lipinski definition) is 1. The second kappa shape index (κ2) is 7.66. The number of benzene rings is 2. The summed E-state index contributed by atoms with van der Waals surface area (Å²) in [6.45, 7) is 6.69. The van der Waals surface area contributed by atoms with Gasteiger partial charge >= 0.3 is 5.97 Å². The van der Waals surface area contributed by atoms with Crippen molar-refractivity contribution in [3.63, 3.8) is 0 Å². The Morgan fingerprint density at radius 2 is 1.56 bits per heavy atom. The molecule has 2 aromatic carbocycles. The van der Waals surface area contributed by atoms with Crippen molar-refractivity contribution in [1.29, 1.82) is 0 Å². The molecule has 0 unspecified atom stereocenters. The van der Waals surface area contributed by atoms with Gasteiger partial charge in [-0.25, -0.2) is 4.79 Å². The maximum absolute atomic E-state index is 12.8. The number of fused-ring (bicyclic) bond motifs is 1. The first-order valence-electron chi connectivity index (χ1n) is 8.87. The monoisotopic (exact) mass is 340 g/mol. The van der Waals surface area contributed by atoms with Crippen LogP contribution in [0, 0.1) is 0 Å². The van der Waals surface area contributed by atoms with Crippen LogP contribution in [0.15, 0.2) is 36.4 Å². The van der Waals surface area contributed by atoms with Gasteiger partial charge in [-0.15, -0.1) is 0 Å². The lowest BCUT2D eigenvalue weighted by atomic mass is 10.0. The summed E-state index contributed by atoms with van der Waals surface area (Å²) >= 11 is 0. The zero-order chi connectivity index (χ0) is 17.8. The van der Waals surface area contributed by atoms with Crippen LogP contribution in [0.2, 0.25) is 0 Å². The third-order valence-electron chi connectivity index (χ3n) is 4.82. The second-order valence-electron chi connectivity index (χ2n) is 6.57. The number of carboxylic acid groups (broad SMARTS) is 1. The zero-order valence-electron chi connectivity index (χ0n) is 14.6. The highest BCUT2D eigenvalue weighted by Gasteiger charge is 2.22. The van der Waals surface area contributed by atoms with E-state index in [1.54, 1.807) is 24.3 Å². The molecule has 3 rings (SSSR count). The number of aromatic carboxylic acids is 1. The lowest BCUT2D eigenvalue weighted by Gasteiger charge is -2.34. The minimum atomic E-state index is -0.942. The molecule has 1 aliphatic rings. The van der Waals surface area contributed by atoms with Crippen LogP contribution in [-0.2, 0) is 0 Å². The van der Waals surface area contributed by atoms with Crippen molar-refractivity contribution in [2.45, 2.75) is 19.8 Å². The Labute approximate surface area is 147 Å². The molecule has 0 radical (unpaired) electrons. The molecule has 0 aliphatic carbocycles. The number of hydrogen-bond acceptors (Lipinski definition) is 3. The van der Waals surface area contributed by atoms with E-state index in [1.807, 2.05) is 17.0 Å². The van der Waals surface area contributed by atoms with Crippen molar-refractivity contribution >= 4 is 22.6 Å². The molecule has 132 valence electrons.